The number of hydrazine groups is 1. The van der Waals surface area contributed by atoms with E-state index < -0.39 is 0 Å². The highest BCUT2D eigenvalue weighted by atomic mass is 19.1. The minimum absolute atomic E-state index is 0.427. The van der Waals surface area contributed by atoms with Crippen LogP contribution in [0.4, 0.5) is 10.1 Å². The molecule has 0 bridgehead atoms. The Balaban J connectivity index is 2.90. The minimum atomic E-state index is 0.427. The number of hydrogen-bond acceptors (Lipinski definition) is 4. The van der Waals surface area contributed by atoms with E-state index in [1.54, 1.807) is 18.3 Å². The molecule has 1 rings (SSSR count). The zero-order valence-corrected chi connectivity index (χ0v) is 11.1. The van der Waals surface area contributed by atoms with Gasteiger partial charge in [0.2, 0.25) is 5.88 Å². The molecule has 0 unspecified atom stereocenters. The molecule has 1 aromatic rings. The number of halogens is 1. The molecular weight excluding hydrogens is 245 g/mol. The standard InChI is InChI=1S/C14H18FN3O/c1-3-4-6-12(7-5-8-15)19-14-9-11(2)13(18-16)10-17-14/h4-10,18H,3,16H2,1-2H3/b6-4-,8-5+,12-7+. The predicted octanol–water partition coefficient (Wildman–Crippen LogP) is 3.39. The fourth-order valence-corrected chi connectivity index (χ4v) is 1.35. The van der Waals surface area contributed by atoms with Crippen molar-refractivity contribution in [1.82, 2.24) is 4.98 Å². The van der Waals surface area contributed by atoms with E-state index in [2.05, 4.69) is 10.4 Å². The van der Waals surface area contributed by atoms with Gasteiger partial charge in [0.15, 0.2) is 0 Å². The minimum Gasteiger partial charge on any atom is -0.439 e. The molecule has 4 nitrogen and oxygen atoms in total. The van der Waals surface area contributed by atoms with Gasteiger partial charge >= 0.3 is 0 Å². The number of ether oxygens (including phenoxy) is 1. The van der Waals surface area contributed by atoms with Crippen LogP contribution in [0, 0.1) is 6.92 Å². The first kappa shape index (κ1) is 14.9. The third-order valence-electron chi connectivity index (χ3n) is 2.31. The molecule has 19 heavy (non-hydrogen) atoms. The van der Waals surface area contributed by atoms with Crippen LogP contribution in [0.2, 0.25) is 0 Å². The smallest absolute Gasteiger partial charge is 0.219 e. The Bertz CT molecular complexity index is 495. The molecule has 0 aliphatic rings. The van der Waals surface area contributed by atoms with Crippen molar-refractivity contribution in [1.29, 1.82) is 0 Å². The Morgan fingerprint density at radius 2 is 2.37 bits per heavy atom. The molecule has 102 valence electrons. The SMILES string of the molecule is CC\C=C/C(=C\C=C\F)Oc1cc(C)c(NN)cn1. The molecule has 1 aromatic heterocycles. The number of allylic oxidation sites excluding steroid dienone is 4. The molecule has 0 amide bonds. The molecule has 0 aliphatic heterocycles. The van der Waals surface area contributed by atoms with Gasteiger partial charge in [-0.25, -0.2) is 9.37 Å². The van der Waals surface area contributed by atoms with Crippen LogP contribution in [0.1, 0.15) is 18.9 Å². The van der Waals surface area contributed by atoms with E-state index >= 15 is 0 Å². The fraction of sp³-hybridized carbons (Fsp3) is 0.214. The van der Waals surface area contributed by atoms with Crippen LogP contribution in [0.25, 0.3) is 0 Å². The topological polar surface area (TPSA) is 60.2 Å². The number of nitrogens with one attached hydrogen (secondary N) is 1. The summed E-state index contributed by atoms with van der Waals surface area (Å²) >= 11 is 0. The number of aromatic nitrogens is 1. The maximum Gasteiger partial charge on any atom is 0.219 e. The summed E-state index contributed by atoms with van der Waals surface area (Å²) in [5.41, 5.74) is 4.17. The Morgan fingerprint density at radius 3 is 2.95 bits per heavy atom. The molecule has 0 aliphatic carbocycles. The average Bonchev–Trinajstić information content (AvgIpc) is 2.42. The summed E-state index contributed by atoms with van der Waals surface area (Å²) in [7, 11) is 0. The quantitative estimate of drug-likeness (QED) is 0.357. The lowest BCUT2D eigenvalue weighted by Crippen LogP contribution is -2.08. The third kappa shape index (κ3) is 4.93. The highest BCUT2D eigenvalue weighted by Gasteiger charge is 2.02. The molecule has 0 saturated heterocycles. The van der Waals surface area contributed by atoms with Crippen molar-refractivity contribution in [2.24, 2.45) is 5.84 Å². The van der Waals surface area contributed by atoms with E-state index in [9.17, 15) is 4.39 Å². The van der Waals surface area contributed by atoms with E-state index in [-0.39, 0.29) is 0 Å². The number of pyridine rings is 1. The zero-order valence-electron chi connectivity index (χ0n) is 11.1. The number of rotatable bonds is 6. The number of nitrogen functional groups attached to an aromatic ring is 1. The van der Waals surface area contributed by atoms with Crippen LogP contribution < -0.4 is 16.0 Å². The van der Waals surface area contributed by atoms with E-state index in [4.69, 9.17) is 10.6 Å². The molecule has 0 fully saturated rings. The Morgan fingerprint density at radius 1 is 1.58 bits per heavy atom. The van der Waals surface area contributed by atoms with Crippen LogP contribution >= 0.6 is 0 Å². The van der Waals surface area contributed by atoms with Crippen molar-refractivity contribution in [3.05, 3.63) is 54.2 Å². The molecule has 0 aromatic carbocycles. The van der Waals surface area contributed by atoms with E-state index in [0.29, 0.717) is 18.0 Å². The first-order valence-corrected chi connectivity index (χ1v) is 5.96. The van der Waals surface area contributed by atoms with E-state index in [0.717, 1.165) is 17.7 Å². The van der Waals surface area contributed by atoms with Crippen molar-refractivity contribution < 1.29 is 9.13 Å². The predicted molar refractivity (Wildman–Crippen MR) is 75.2 cm³/mol. The summed E-state index contributed by atoms with van der Waals surface area (Å²) in [6.45, 7) is 3.89. The largest absolute Gasteiger partial charge is 0.439 e. The van der Waals surface area contributed by atoms with E-state index in [1.165, 1.54) is 12.2 Å². The lowest BCUT2D eigenvalue weighted by Gasteiger charge is -2.08. The summed E-state index contributed by atoms with van der Waals surface area (Å²) in [6.07, 6.45) is 9.37. The molecular formula is C14H18FN3O. The monoisotopic (exact) mass is 263 g/mol. The maximum atomic E-state index is 12.0. The van der Waals surface area contributed by atoms with Gasteiger partial charge in [0.05, 0.1) is 18.2 Å². The first-order chi connectivity index (χ1) is 9.21. The van der Waals surface area contributed by atoms with Gasteiger partial charge in [0.25, 0.3) is 0 Å². The normalized spacial score (nSPS) is 12.3. The highest BCUT2D eigenvalue weighted by Crippen LogP contribution is 2.19. The average molecular weight is 263 g/mol. The van der Waals surface area contributed by atoms with Gasteiger partial charge < -0.3 is 10.2 Å². The molecule has 3 N–H and O–H groups in total. The van der Waals surface area contributed by atoms with Crippen LogP contribution in [-0.4, -0.2) is 4.98 Å². The number of nitrogens with two attached hydrogens (primary N) is 1. The lowest BCUT2D eigenvalue weighted by molar-refractivity contribution is 0.426. The summed E-state index contributed by atoms with van der Waals surface area (Å²) < 4.78 is 17.6. The molecule has 1 heterocycles. The number of anilines is 1. The van der Waals surface area contributed by atoms with Gasteiger partial charge in [-0.3, -0.25) is 5.84 Å². The third-order valence-corrected chi connectivity index (χ3v) is 2.31. The molecule has 0 saturated carbocycles. The first-order valence-electron chi connectivity index (χ1n) is 5.96. The molecule has 0 atom stereocenters. The van der Waals surface area contributed by atoms with Gasteiger partial charge in [0.1, 0.15) is 5.76 Å². The second-order valence-corrected chi connectivity index (χ2v) is 3.78. The van der Waals surface area contributed by atoms with Gasteiger partial charge in [-0.05, 0) is 37.1 Å². The van der Waals surface area contributed by atoms with Crippen molar-refractivity contribution in [3.63, 3.8) is 0 Å². The Labute approximate surface area is 112 Å². The van der Waals surface area contributed by atoms with E-state index in [1.807, 2.05) is 19.9 Å². The number of nitrogens with zero attached hydrogens (tertiary/aromatic N) is 1. The summed E-state index contributed by atoms with van der Waals surface area (Å²) in [5.74, 6) is 6.27. The summed E-state index contributed by atoms with van der Waals surface area (Å²) in [5, 5.41) is 0. The summed E-state index contributed by atoms with van der Waals surface area (Å²) in [6, 6.07) is 1.75. The molecule has 0 radical (unpaired) electrons. The molecule has 0 spiro atoms. The zero-order chi connectivity index (χ0) is 14.1. The number of aryl methyl sites for hydroxylation is 1. The second-order valence-electron chi connectivity index (χ2n) is 3.78. The van der Waals surface area contributed by atoms with Crippen molar-refractivity contribution in [2.45, 2.75) is 20.3 Å². The lowest BCUT2D eigenvalue weighted by atomic mass is 10.2. The van der Waals surface area contributed by atoms with Gasteiger partial charge in [0, 0.05) is 6.07 Å². The van der Waals surface area contributed by atoms with Gasteiger partial charge in [-0.2, -0.15) is 0 Å². The van der Waals surface area contributed by atoms with Crippen molar-refractivity contribution in [2.75, 3.05) is 5.43 Å². The van der Waals surface area contributed by atoms with Crippen molar-refractivity contribution in [3.8, 4) is 5.88 Å². The summed E-state index contributed by atoms with van der Waals surface area (Å²) in [4.78, 5) is 4.11. The van der Waals surface area contributed by atoms with Crippen LogP contribution in [0.15, 0.2) is 48.7 Å². The van der Waals surface area contributed by atoms with Gasteiger partial charge in [-0.15, -0.1) is 0 Å². The van der Waals surface area contributed by atoms with Crippen LogP contribution in [0.5, 0.6) is 5.88 Å². The fourth-order valence-electron chi connectivity index (χ4n) is 1.35. The van der Waals surface area contributed by atoms with Crippen LogP contribution in [0.3, 0.4) is 0 Å². The van der Waals surface area contributed by atoms with Crippen LogP contribution in [-0.2, 0) is 0 Å². The highest BCUT2D eigenvalue weighted by molar-refractivity contribution is 5.49. The second kappa shape index (κ2) is 8.05. The molecule has 5 heteroatoms. The maximum absolute atomic E-state index is 12.0. The van der Waals surface area contributed by atoms with Gasteiger partial charge in [-0.1, -0.05) is 13.0 Å². The number of hydrogen-bond donors (Lipinski definition) is 2. The van der Waals surface area contributed by atoms with Crippen molar-refractivity contribution >= 4 is 5.69 Å². The Hall–Kier alpha value is -2.14. The Kier molecular flexibility index (Phi) is 6.32.